The molecule has 0 radical (unpaired) electrons. The van der Waals surface area contributed by atoms with Crippen molar-refractivity contribution in [3.05, 3.63) is 74.6 Å². The highest BCUT2D eigenvalue weighted by Gasteiger charge is 2.15. The number of benzene rings is 2. The lowest BCUT2D eigenvalue weighted by atomic mass is 10.0. The van der Waals surface area contributed by atoms with E-state index in [1.807, 2.05) is 50.2 Å². The molecule has 0 amide bonds. The molecule has 0 saturated carbocycles. The van der Waals surface area contributed by atoms with E-state index < -0.39 is 11.6 Å². The summed E-state index contributed by atoms with van der Waals surface area (Å²) in [5.41, 5.74) is 4.04. The fraction of sp³-hybridized carbons (Fsp3) is 0.273. The number of aliphatic carboxylic acids is 1. The summed E-state index contributed by atoms with van der Waals surface area (Å²) in [6.07, 6.45) is -0.120. The SMILES string of the molecule is Cc1ccc(COc2ccc3c(C)c(CCC(=O)[O-])c(=O)oc3c2C)cc1. The Hall–Kier alpha value is -3.08. The average molecular weight is 365 g/mol. The zero-order chi connectivity index (χ0) is 19.6. The van der Waals surface area contributed by atoms with E-state index in [9.17, 15) is 14.7 Å². The summed E-state index contributed by atoms with van der Waals surface area (Å²) in [6.45, 7) is 6.09. The van der Waals surface area contributed by atoms with E-state index in [2.05, 4.69) is 0 Å². The summed E-state index contributed by atoms with van der Waals surface area (Å²) >= 11 is 0. The molecule has 1 heterocycles. The molecule has 0 saturated heterocycles. The fourth-order valence-corrected chi connectivity index (χ4v) is 3.09. The first-order chi connectivity index (χ1) is 12.9. The van der Waals surface area contributed by atoms with Crippen LogP contribution < -0.4 is 15.5 Å². The zero-order valence-electron chi connectivity index (χ0n) is 15.6. The third-order valence-electron chi connectivity index (χ3n) is 4.75. The van der Waals surface area contributed by atoms with Gasteiger partial charge in [0.05, 0.1) is 0 Å². The summed E-state index contributed by atoms with van der Waals surface area (Å²) in [4.78, 5) is 23.0. The minimum Gasteiger partial charge on any atom is -0.550 e. The Labute approximate surface area is 157 Å². The van der Waals surface area contributed by atoms with Crippen molar-refractivity contribution in [1.29, 1.82) is 0 Å². The van der Waals surface area contributed by atoms with E-state index in [1.54, 1.807) is 6.92 Å². The van der Waals surface area contributed by atoms with Gasteiger partial charge >= 0.3 is 5.63 Å². The molecule has 3 rings (SSSR count). The molecule has 0 N–H and O–H groups in total. The minimum atomic E-state index is -1.19. The van der Waals surface area contributed by atoms with Crippen LogP contribution in [-0.4, -0.2) is 5.97 Å². The maximum Gasteiger partial charge on any atom is 0.339 e. The second-order valence-electron chi connectivity index (χ2n) is 6.70. The van der Waals surface area contributed by atoms with Gasteiger partial charge in [-0.1, -0.05) is 29.8 Å². The first kappa shape index (κ1) is 18.7. The van der Waals surface area contributed by atoms with Crippen molar-refractivity contribution in [1.82, 2.24) is 0 Å². The van der Waals surface area contributed by atoms with Crippen molar-refractivity contribution >= 4 is 16.9 Å². The number of aryl methyl sites for hydroxylation is 3. The van der Waals surface area contributed by atoms with E-state index in [0.717, 1.165) is 22.1 Å². The van der Waals surface area contributed by atoms with Crippen LogP contribution in [-0.2, 0) is 17.8 Å². The van der Waals surface area contributed by atoms with Gasteiger partial charge in [-0.2, -0.15) is 0 Å². The average Bonchev–Trinajstić information content (AvgIpc) is 2.63. The molecule has 27 heavy (non-hydrogen) atoms. The smallest absolute Gasteiger partial charge is 0.339 e. The molecule has 0 aliphatic heterocycles. The molecular formula is C22H21O5-. The molecule has 0 aliphatic rings. The van der Waals surface area contributed by atoms with Gasteiger partial charge in [0.15, 0.2) is 0 Å². The van der Waals surface area contributed by atoms with Crippen molar-refractivity contribution in [2.45, 2.75) is 40.2 Å². The molecule has 0 spiro atoms. The monoisotopic (exact) mass is 365 g/mol. The van der Waals surface area contributed by atoms with E-state index in [4.69, 9.17) is 9.15 Å². The number of hydrogen-bond acceptors (Lipinski definition) is 5. The summed E-state index contributed by atoms with van der Waals surface area (Å²) in [6, 6.07) is 11.8. The van der Waals surface area contributed by atoms with Crippen LogP contribution in [0, 0.1) is 20.8 Å². The van der Waals surface area contributed by atoms with Crippen molar-refractivity contribution in [2.24, 2.45) is 0 Å². The number of carboxylic acids is 1. The van der Waals surface area contributed by atoms with Gasteiger partial charge in [0.1, 0.15) is 17.9 Å². The zero-order valence-corrected chi connectivity index (χ0v) is 15.6. The Balaban J connectivity index is 1.92. The maximum atomic E-state index is 12.3. The Kier molecular flexibility index (Phi) is 5.31. The normalized spacial score (nSPS) is 10.9. The topological polar surface area (TPSA) is 79.6 Å². The van der Waals surface area contributed by atoms with E-state index >= 15 is 0 Å². The number of carboxylic acid groups (broad SMARTS) is 1. The van der Waals surface area contributed by atoms with Crippen LogP contribution in [0.5, 0.6) is 5.75 Å². The van der Waals surface area contributed by atoms with Crippen LogP contribution in [0.1, 0.15) is 34.2 Å². The molecule has 2 aromatic carbocycles. The Morgan fingerprint density at radius 2 is 1.74 bits per heavy atom. The van der Waals surface area contributed by atoms with Crippen LogP contribution in [0.4, 0.5) is 0 Å². The molecule has 0 aliphatic carbocycles. The molecular weight excluding hydrogens is 344 g/mol. The van der Waals surface area contributed by atoms with Gasteiger partial charge < -0.3 is 19.1 Å². The predicted molar refractivity (Wildman–Crippen MR) is 101 cm³/mol. The highest BCUT2D eigenvalue weighted by molar-refractivity contribution is 5.85. The van der Waals surface area contributed by atoms with Gasteiger partial charge in [0, 0.05) is 22.5 Å². The van der Waals surface area contributed by atoms with E-state index in [1.165, 1.54) is 5.56 Å². The van der Waals surface area contributed by atoms with E-state index in [-0.39, 0.29) is 12.8 Å². The van der Waals surface area contributed by atoms with Gasteiger partial charge in [-0.3, -0.25) is 0 Å². The Morgan fingerprint density at radius 3 is 2.41 bits per heavy atom. The minimum absolute atomic E-state index is 0.0944. The third-order valence-corrected chi connectivity index (χ3v) is 4.75. The number of hydrogen-bond donors (Lipinski definition) is 0. The lowest BCUT2D eigenvalue weighted by Gasteiger charge is -2.13. The number of rotatable bonds is 6. The number of carbonyl (C=O) groups is 1. The predicted octanol–water partition coefficient (Wildman–Crippen LogP) is 2.98. The van der Waals surface area contributed by atoms with Crippen LogP contribution in [0.3, 0.4) is 0 Å². The molecule has 1 aromatic heterocycles. The van der Waals surface area contributed by atoms with Crippen molar-refractivity contribution in [3.63, 3.8) is 0 Å². The molecule has 0 bridgehead atoms. The van der Waals surface area contributed by atoms with Crippen LogP contribution >= 0.6 is 0 Å². The van der Waals surface area contributed by atoms with E-state index in [0.29, 0.717) is 23.5 Å². The highest BCUT2D eigenvalue weighted by Crippen LogP contribution is 2.30. The van der Waals surface area contributed by atoms with Crippen LogP contribution in [0.2, 0.25) is 0 Å². The Morgan fingerprint density at radius 1 is 1.04 bits per heavy atom. The number of carbonyl (C=O) groups excluding carboxylic acids is 1. The van der Waals surface area contributed by atoms with Crippen molar-refractivity contribution < 1.29 is 19.1 Å². The molecule has 5 nitrogen and oxygen atoms in total. The molecule has 0 unspecified atom stereocenters. The first-order valence-corrected chi connectivity index (χ1v) is 8.81. The second kappa shape index (κ2) is 7.66. The summed E-state index contributed by atoms with van der Waals surface area (Å²) in [7, 11) is 0. The van der Waals surface area contributed by atoms with Gasteiger partial charge in [-0.25, -0.2) is 4.79 Å². The second-order valence-corrected chi connectivity index (χ2v) is 6.70. The highest BCUT2D eigenvalue weighted by atomic mass is 16.5. The molecule has 5 heteroatoms. The third kappa shape index (κ3) is 4.03. The first-order valence-electron chi connectivity index (χ1n) is 8.81. The lowest BCUT2D eigenvalue weighted by molar-refractivity contribution is -0.305. The van der Waals surface area contributed by atoms with Crippen molar-refractivity contribution in [2.75, 3.05) is 0 Å². The molecule has 140 valence electrons. The fourth-order valence-electron chi connectivity index (χ4n) is 3.09. The quantitative estimate of drug-likeness (QED) is 0.628. The maximum absolute atomic E-state index is 12.3. The molecule has 0 atom stereocenters. The van der Waals surface area contributed by atoms with Gasteiger partial charge in [0.25, 0.3) is 0 Å². The van der Waals surface area contributed by atoms with Gasteiger partial charge in [-0.15, -0.1) is 0 Å². The summed E-state index contributed by atoms with van der Waals surface area (Å²) in [5.74, 6) is -0.543. The molecule has 3 aromatic rings. The Bertz CT molecular complexity index is 1040. The van der Waals surface area contributed by atoms with Crippen LogP contribution in [0.15, 0.2) is 45.6 Å². The van der Waals surface area contributed by atoms with Crippen LogP contribution in [0.25, 0.3) is 11.0 Å². The summed E-state index contributed by atoms with van der Waals surface area (Å²) in [5, 5.41) is 11.5. The summed E-state index contributed by atoms with van der Waals surface area (Å²) < 4.78 is 11.4. The number of ether oxygens (including phenoxy) is 1. The van der Waals surface area contributed by atoms with Crippen molar-refractivity contribution in [3.8, 4) is 5.75 Å². The standard InChI is InChI=1S/C22H22O5/c1-13-4-6-16(7-5-13)12-26-19-10-8-17-14(2)18(9-11-20(23)24)22(25)27-21(17)15(19)3/h4-8,10H,9,11-12H2,1-3H3,(H,23,24)/p-1. The van der Waals surface area contributed by atoms with Gasteiger partial charge in [-0.05, 0) is 56.9 Å². The van der Waals surface area contributed by atoms with Gasteiger partial charge in [0.2, 0.25) is 0 Å². The molecule has 0 fully saturated rings. The number of fused-ring (bicyclic) bond motifs is 1. The largest absolute Gasteiger partial charge is 0.550 e. The lowest BCUT2D eigenvalue weighted by Crippen LogP contribution is -2.24.